The maximum absolute atomic E-state index is 13.2. The fourth-order valence-electron chi connectivity index (χ4n) is 4.29. The molecule has 1 atom stereocenters. The van der Waals surface area contributed by atoms with Crippen LogP contribution in [-0.4, -0.2) is 73.6 Å². The molecule has 0 saturated carbocycles. The molecular weight excluding hydrogens is 436 g/mol. The van der Waals surface area contributed by atoms with E-state index in [1.165, 1.54) is 6.20 Å². The topological polar surface area (TPSA) is 113 Å². The quantitative estimate of drug-likeness (QED) is 0.709. The van der Waals surface area contributed by atoms with Gasteiger partial charge in [-0.3, -0.25) is 9.78 Å². The van der Waals surface area contributed by atoms with E-state index in [1.807, 2.05) is 32.9 Å². The largest absolute Gasteiger partial charge is 0.444 e. The highest BCUT2D eigenvalue weighted by atomic mass is 16.6. The van der Waals surface area contributed by atoms with E-state index < -0.39 is 11.8 Å². The van der Waals surface area contributed by atoms with Crippen molar-refractivity contribution in [2.75, 3.05) is 25.5 Å². The van der Waals surface area contributed by atoms with Gasteiger partial charge in [0.2, 0.25) is 0 Å². The highest BCUT2D eigenvalue weighted by Gasteiger charge is 2.33. The standard InChI is InChI=1S/C24H32N6O4/c1-24(2,3)34-23(33)29-10-7-17(8-11-29)19-12-20(31)27-21-18(14-26-30(19)21)22(32)28(4)15-16-6-5-9-25-13-16/h5-6,9,12-14,17,20,27,31H,7-8,10-11,15H2,1-4H3. The molecule has 4 rings (SSSR count). The van der Waals surface area contributed by atoms with E-state index >= 15 is 0 Å². The number of carbonyl (C=O) groups excluding carboxylic acids is 2. The first kappa shape index (κ1) is 23.7. The van der Waals surface area contributed by atoms with Crippen molar-refractivity contribution in [2.45, 2.75) is 52.0 Å². The van der Waals surface area contributed by atoms with Gasteiger partial charge in [-0.15, -0.1) is 0 Å². The van der Waals surface area contributed by atoms with E-state index in [0.29, 0.717) is 43.9 Å². The molecule has 2 aromatic heterocycles. The summed E-state index contributed by atoms with van der Waals surface area (Å²) in [7, 11) is 1.72. The van der Waals surface area contributed by atoms with Crippen LogP contribution in [0.2, 0.25) is 0 Å². The molecule has 0 aromatic carbocycles. The average Bonchev–Trinajstić information content (AvgIpc) is 3.21. The lowest BCUT2D eigenvalue weighted by Crippen LogP contribution is -2.42. The van der Waals surface area contributed by atoms with Gasteiger partial charge in [-0.2, -0.15) is 5.10 Å². The van der Waals surface area contributed by atoms with Gasteiger partial charge in [-0.05, 0) is 51.3 Å². The number of amides is 2. The van der Waals surface area contributed by atoms with Gasteiger partial charge in [0, 0.05) is 50.7 Å². The van der Waals surface area contributed by atoms with E-state index in [9.17, 15) is 14.7 Å². The molecule has 2 aliphatic heterocycles. The summed E-state index contributed by atoms with van der Waals surface area (Å²) < 4.78 is 7.18. The average molecular weight is 469 g/mol. The number of likely N-dealkylation sites (tertiary alicyclic amines) is 1. The molecule has 0 spiro atoms. The Kier molecular flexibility index (Phi) is 6.60. The van der Waals surface area contributed by atoms with Crippen LogP contribution >= 0.6 is 0 Å². The number of aliphatic hydroxyl groups is 1. The number of nitrogens with one attached hydrogen (secondary N) is 1. The van der Waals surface area contributed by atoms with Crippen LogP contribution in [0.3, 0.4) is 0 Å². The molecule has 2 amide bonds. The highest BCUT2D eigenvalue weighted by molar-refractivity contribution is 5.99. The molecule has 10 nitrogen and oxygen atoms in total. The monoisotopic (exact) mass is 468 g/mol. The maximum Gasteiger partial charge on any atom is 0.410 e. The number of ether oxygens (including phenoxy) is 1. The third kappa shape index (κ3) is 5.22. The van der Waals surface area contributed by atoms with Crippen molar-refractivity contribution in [1.82, 2.24) is 24.6 Å². The Morgan fingerprint density at radius 1 is 1.26 bits per heavy atom. The zero-order chi connectivity index (χ0) is 24.5. The molecule has 0 aliphatic carbocycles. The van der Waals surface area contributed by atoms with Crippen molar-refractivity contribution in [3.8, 4) is 0 Å². The van der Waals surface area contributed by atoms with Gasteiger partial charge in [0.25, 0.3) is 5.91 Å². The summed E-state index contributed by atoms with van der Waals surface area (Å²) in [5, 5.41) is 17.9. The Bertz CT molecular complexity index is 1070. The molecule has 2 aliphatic rings. The lowest BCUT2D eigenvalue weighted by Gasteiger charge is -2.35. The lowest BCUT2D eigenvalue weighted by molar-refractivity contribution is 0.0197. The molecule has 0 bridgehead atoms. The normalized spacial score (nSPS) is 18.6. The van der Waals surface area contributed by atoms with Gasteiger partial charge in [0.05, 0.1) is 6.20 Å². The number of fused-ring (bicyclic) bond motifs is 1. The number of hydrogen-bond acceptors (Lipinski definition) is 7. The second kappa shape index (κ2) is 9.46. The van der Waals surface area contributed by atoms with Crippen LogP contribution in [0, 0.1) is 5.92 Å². The summed E-state index contributed by atoms with van der Waals surface area (Å²) in [6.45, 7) is 7.07. The first-order chi connectivity index (χ1) is 16.1. The molecule has 2 N–H and O–H groups in total. The molecule has 1 saturated heterocycles. The molecule has 2 aromatic rings. The number of nitrogens with zero attached hydrogens (tertiary/aromatic N) is 5. The number of aromatic nitrogens is 3. The van der Waals surface area contributed by atoms with E-state index in [-0.39, 0.29) is 17.9 Å². The molecule has 4 heterocycles. The van der Waals surface area contributed by atoms with E-state index in [0.717, 1.165) is 11.3 Å². The highest BCUT2D eigenvalue weighted by Crippen LogP contribution is 2.35. The number of carbonyl (C=O) groups is 2. The first-order valence-electron chi connectivity index (χ1n) is 11.5. The Balaban J connectivity index is 1.46. The molecule has 0 radical (unpaired) electrons. The molecule has 1 unspecified atom stereocenters. The van der Waals surface area contributed by atoms with E-state index in [2.05, 4.69) is 15.4 Å². The molecule has 1 fully saturated rings. The van der Waals surface area contributed by atoms with Crippen LogP contribution < -0.4 is 5.32 Å². The number of piperidine rings is 1. The predicted molar refractivity (Wildman–Crippen MR) is 127 cm³/mol. The number of rotatable bonds is 4. The molecule has 34 heavy (non-hydrogen) atoms. The van der Waals surface area contributed by atoms with Crippen molar-refractivity contribution < 1.29 is 19.4 Å². The number of anilines is 1. The Morgan fingerprint density at radius 3 is 2.65 bits per heavy atom. The molecule has 182 valence electrons. The van der Waals surface area contributed by atoms with Gasteiger partial charge in [0.1, 0.15) is 23.2 Å². The minimum Gasteiger partial charge on any atom is -0.444 e. The zero-order valence-electron chi connectivity index (χ0n) is 20.1. The van der Waals surface area contributed by atoms with Crippen LogP contribution in [0.25, 0.3) is 5.70 Å². The van der Waals surface area contributed by atoms with Crippen LogP contribution in [0.4, 0.5) is 10.6 Å². The van der Waals surface area contributed by atoms with Crippen molar-refractivity contribution in [3.63, 3.8) is 0 Å². The minimum absolute atomic E-state index is 0.0881. The predicted octanol–water partition coefficient (Wildman–Crippen LogP) is 2.78. The minimum atomic E-state index is -0.932. The van der Waals surface area contributed by atoms with Crippen molar-refractivity contribution in [3.05, 3.63) is 47.9 Å². The van der Waals surface area contributed by atoms with Gasteiger partial charge in [-0.1, -0.05) is 6.07 Å². The Morgan fingerprint density at radius 2 is 2.00 bits per heavy atom. The summed E-state index contributed by atoms with van der Waals surface area (Å²) in [5.41, 5.74) is 1.61. The Labute approximate surface area is 199 Å². The van der Waals surface area contributed by atoms with Gasteiger partial charge >= 0.3 is 6.09 Å². The summed E-state index contributed by atoms with van der Waals surface area (Å²) in [5.74, 6) is 0.360. The van der Waals surface area contributed by atoms with Crippen LogP contribution in [0.5, 0.6) is 0 Å². The van der Waals surface area contributed by atoms with Gasteiger partial charge < -0.3 is 25.0 Å². The zero-order valence-corrected chi connectivity index (χ0v) is 20.1. The summed E-state index contributed by atoms with van der Waals surface area (Å²) in [6, 6.07) is 3.75. The smallest absolute Gasteiger partial charge is 0.410 e. The summed E-state index contributed by atoms with van der Waals surface area (Å²) in [6.07, 6.45) is 6.85. The number of hydrogen-bond donors (Lipinski definition) is 2. The van der Waals surface area contributed by atoms with Crippen LogP contribution in [0.15, 0.2) is 36.8 Å². The third-order valence-electron chi connectivity index (χ3n) is 5.91. The van der Waals surface area contributed by atoms with Crippen molar-refractivity contribution in [2.24, 2.45) is 5.92 Å². The van der Waals surface area contributed by atoms with Crippen molar-refractivity contribution >= 4 is 23.5 Å². The van der Waals surface area contributed by atoms with Crippen LogP contribution in [-0.2, 0) is 11.3 Å². The summed E-state index contributed by atoms with van der Waals surface area (Å²) in [4.78, 5) is 33.0. The Hall–Kier alpha value is -3.40. The van der Waals surface area contributed by atoms with E-state index in [4.69, 9.17) is 4.74 Å². The SMILES string of the molecule is CN(Cc1cccnc1)C(=O)c1cnn2c1NC(O)C=C2C1CCN(C(=O)OC(C)(C)C)CC1. The summed E-state index contributed by atoms with van der Waals surface area (Å²) >= 11 is 0. The number of aliphatic hydroxyl groups excluding tert-OH is 1. The van der Waals surface area contributed by atoms with Crippen LogP contribution in [0.1, 0.15) is 49.5 Å². The fraction of sp³-hybridized carbons (Fsp3) is 0.500. The van der Waals surface area contributed by atoms with Gasteiger partial charge in [-0.25, -0.2) is 9.48 Å². The van der Waals surface area contributed by atoms with E-state index in [1.54, 1.807) is 40.0 Å². The fourth-order valence-corrected chi connectivity index (χ4v) is 4.29. The number of pyridine rings is 1. The van der Waals surface area contributed by atoms with Crippen molar-refractivity contribution in [1.29, 1.82) is 0 Å². The molecular formula is C24H32N6O4. The second-order valence-corrected chi connectivity index (χ2v) is 9.76. The molecule has 10 heteroatoms. The number of allylic oxidation sites excluding steroid dienone is 1. The third-order valence-corrected chi connectivity index (χ3v) is 5.91. The lowest BCUT2D eigenvalue weighted by atomic mass is 9.92. The maximum atomic E-state index is 13.2. The first-order valence-corrected chi connectivity index (χ1v) is 11.5. The van der Waals surface area contributed by atoms with Gasteiger partial charge in [0.15, 0.2) is 0 Å². The second-order valence-electron chi connectivity index (χ2n) is 9.76.